The number of rotatable bonds is 6. The first-order chi connectivity index (χ1) is 8.12. The van der Waals surface area contributed by atoms with E-state index in [2.05, 4.69) is 28.1 Å². The van der Waals surface area contributed by atoms with Crippen molar-refractivity contribution in [2.45, 2.75) is 31.3 Å². The van der Waals surface area contributed by atoms with Gasteiger partial charge in [-0.3, -0.25) is 0 Å². The second kappa shape index (κ2) is 5.19. The number of hydrogen-bond donors (Lipinski definition) is 1. The van der Waals surface area contributed by atoms with Crippen LogP contribution in [0.2, 0.25) is 0 Å². The van der Waals surface area contributed by atoms with Crippen molar-refractivity contribution >= 4 is 21.9 Å². The predicted octanol–water partition coefficient (Wildman–Crippen LogP) is 3.02. The van der Waals surface area contributed by atoms with Crippen LogP contribution in [0.4, 0.5) is 0 Å². The van der Waals surface area contributed by atoms with E-state index < -0.39 is 11.6 Å². The highest BCUT2D eigenvalue weighted by Crippen LogP contribution is 2.33. The molecule has 1 aliphatic rings. The minimum Gasteiger partial charge on any atom is -0.479 e. The maximum absolute atomic E-state index is 10.9. The molecular formula is C13H15BrO3. The zero-order valence-corrected chi connectivity index (χ0v) is 11.1. The molecule has 1 atom stereocenters. The number of carboxylic acids is 1. The first-order valence-corrected chi connectivity index (χ1v) is 6.53. The van der Waals surface area contributed by atoms with Crippen molar-refractivity contribution in [3.63, 3.8) is 0 Å². The largest absolute Gasteiger partial charge is 0.479 e. The van der Waals surface area contributed by atoms with Gasteiger partial charge in [0.25, 0.3) is 0 Å². The number of carbonyl (C=O) groups is 1. The summed E-state index contributed by atoms with van der Waals surface area (Å²) in [5.41, 5.74) is 0.428. The molecule has 0 aliphatic carbocycles. The van der Waals surface area contributed by atoms with Crippen LogP contribution in [0.5, 0.6) is 0 Å². The number of unbranched alkanes of at least 4 members (excludes halogenated alkanes) is 1. The topological polar surface area (TPSA) is 49.8 Å². The van der Waals surface area contributed by atoms with Crippen LogP contribution in [0.1, 0.15) is 24.8 Å². The maximum atomic E-state index is 10.9. The summed E-state index contributed by atoms with van der Waals surface area (Å²) in [6.07, 6.45) is 3.49. The molecule has 0 saturated carbocycles. The van der Waals surface area contributed by atoms with Crippen molar-refractivity contribution in [1.29, 1.82) is 0 Å². The molecule has 0 aromatic heterocycles. The van der Waals surface area contributed by atoms with Crippen LogP contribution in [0.15, 0.2) is 28.7 Å². The van der Waals surface area contributed by atoms with Gasteiger partial charge >= 0.3 is 5.97 Å². The van der Waals surface area contributed by atoms with Crippen molar-refractivity contribution in [3.05, 3.63) is 34.3 Å². The van der Waals surface area contributed by atoms with Crippen LogP contribution in [0, 0.1) is 0 Å². The van der Waals surface area contributed by atoms with Crippen molar-refractivity contribution in [2.75, 3.05) is 6.61 Å². The Labute approximate surface area is 109 Å². The van der Waals surface area contributed by atoms with Crippen LogP contribution in [0.25, 0.3) is 0 Å². The number of halogens is 1. The number of ether oxygens (including phenoxy) is 1. The molecular weight excluding hydrogens is 284 g/mol. The van der Waals surface area contributed by atoms with Gasteiger partial charge in [0.1, 0.15) is 0 Å². The molecule has 0 amide bonds. The summed E-state index contributed by atoms with van der Waals surface area (Å²) in [4.78, 5) is 10.9. The fraction of sp³-hybridized carbons (Fsp3) is 0.462. The molecule has 1 aromatic rings. The van der Waals surface area contributed by atoms with Gasteiger partial charge in [-0.05, 0) is 43.4 Å². The summed E-state index contributed by atoms with van der Waals surface area (Å²) in [5, 5.41) is 8.93. The number of carboxylic acid groups (broad SMARTS) is 1. The number of epoxide rings is 1. The number of benzene rings is 1. The smallest absolute Gasteiger partial charge is 0.338 e. The van der Waals surface area contributed by atoms with Gasteiger partial charge in [-0.15, -0.1) is 0 Å². The third-order valence-corrected chi connectivity index (χ3v) is 3.56. The highest BCUT2D eigenvalue weighted by Gasteiger charge is 2.51. The number of aryl methyl sites for hydroxylation is 1. The summed E-state index contributed by atoms with van der Waals surface area (Å²) in [6, 6.07) is 8.20. The summed E-state index contributed by atoms with van der Waals surface area (Å²) < 4.78 is 6.11. The Kier molecular flexibility index (Phi) is 3.84. The fourth-order valence-electron chi connectivity index (χ4n) is 1.89. The van der Waals surface area contributed by atoms with Crippen molar-refractivity contribution in [2.24, 2.45) is 0 Å². The molecule has 1 aliphatic heterocycles. The standard InChI is InChI=1S/C13H15BrO3/c14-11-6-3-5-10(8-11)4-1-2-7-13(9-17-13)12(15)16/h3,5-6,8H,1-2,4,7,9H2,(H,15,16). The van der Waals surface area contributed by atoms with Gasteiger partial charge in [-0.25, -0.2) is 4.79 Å². The van der Waals surface area contributed by atoms with E-state index in [1.165, 1.54) is 5.56 Å². The lowest BCUT2D eigenvalue weighted by atomic mass is 10.0. The minimum atomic E-state index is -0.850. The van der Waals surface area contributed by atoms with E-state index >= 15 is 0 Å². The molecule has 4 heteroatoms. The van der Waals surface area contributed by atoms with Crippen LogP contribution in [-0.4, -0.2) is 23.3 Å². The average Bonchev–Trinajstić information content (AvgIpc) is 3.06. The van der Waals surface area contributed by atoms with Gasteiger partial charge < -0.3 is 9.84 Å². The number of aliphatic carboxylic acids is 1. The normalized spacial score (nSPS) is 22.4. The molecule has 17 heavy (non-hydrogen) atoms. The second-order valence-corrected chi connectivity index (χ2v) is 5.34. The van der Waals surface area contributed by atoms with E-state index in [9.17, 15) is 4.79 Å². The SMILES string of the molecule is O=C(O)C1(CCCCc2cccc(Br)c2)CO1. The Balaban J connectivity index is 1.72. The molecule has 1 saturated heterocycles. The molecule has 1 N–H and O–H groups in total. The molecule has 3 nitrogen and oxygen atoms in total. The molecule has 2 rings (SSSR count). The zero-order chi connectivity index (χ0) is 12.3. The van der Waals surface area contributed by atoms with E-state index in [1.54, 1.807) is 0 Å². The highest BCUT2D eigenvalue weighted by atomic mass is 79.9. The van der Waals surface area contributed by atoms with Crippen molar-refractivity contribution in [3.8, 4) is 0 Å². The molecule has 0 bridgehead atoms. The van der Waals surface area contributed by atoms with Crippen molar-refractivity contribution in [1.82, 2.24) is 0 Å². The quantitative estimate of drug-likeness (QED) is 0.649. The molecule has 0 spiro atoms. The summed E-state index contributed by atoms with van der Waals surface area (Å²) in [6.45, 7) is 0.374. The Morgan fingerprint density at radius 2 is 2.24 bits per heavy atom. The molecule has 1 fully saturated rings. The van der Waals surface area contributed by atoms with Crippen LogP contribution in [-0.2, 0) is 16.0 Å². The lowest BCUT2D eigenvalue weighted by Gasteiger charge is -2.06. The number of hydrogen-bond acceptors (Lipinski definition) is 2. The van der Waals surface area contributed by atoms with Crippen molar-refractivity contribution < 1.29 is 14.6 Å². The lowest BCUT2D eigenvalue weighted by Crippen LogP contribution is -2.23. The van der Waals surface area contributed by atoms with Crippen LogP contribution >= 0.6 is 15.9 Å². The minimum absolute atomic E-state index is 0.374. The average molecular weight is 299 g/mol. The molecule has 92 valence electrons. The molecule has 1 unspecified atom stereocenters. The van der Waals surface area contributed by atoms with Gasteiger partial charge in [0.2, 0.25) is 0 Å². The van der Waals surface area contributed by atoms with Crippen LogP contribution in [0.3, 0.4) is 0 Å². The Hall–Kier alpha value is -0.870. The Morgan fingerprint density at radius 1 is 1.47 bits per heavy atom. The molecule has 0 radical (unpaired) electrons. The van der Waals surface area contributed by atoms with Gasteiger partial charge in [-0.1, -0.05) is 28.1 Å². The van der Waals surface area contributed by atoms with E-state index in [0.29, 0.717) is 13.0 Å². The van der Waals surface area contributed by atoms with Gasteiger partial charge in [0.05, 0.1) is 6.61 Å². The predicted molar refractivity (Wildman–Crippen MR) is 68.0 cm³/mol. The third-order valence-electron chi connectivity index (χ3n) is 3.07. The summed E-state index contributed by atoms with van der Waals surface area (Å²) in [7, 11) is 0. The summed E-state index contributed by atoms with van der Waals surface area (Å²) in [5.74, 6) is -0.819. The van der Waals surface area contributed by atoms with Crippen LogP contribution < -0.4 is 0 Å². The molecule has 1 heterocycles. The Bertz CT molecular complexity index is 413. The van der Waals surface area contributed by atoms with Gasteiger partial charge in [0, 0.05) is 4.47 Å². The highest BCUT2D eigenvalue weighted by molar-refractivity contribution is 9.10. The Morgan fingerprint density at radius 3 is 2.82 bits per heavy atom. The monoisotopic (exact) mass is 298 g/mol. The molecule has 1 aromatic carbocycles. The van der Waals surface area contributed by atoms with E-state index in [4.69, 9.17) is 9.84 Å². The lowest BCUT2D eigenvalue weighted by molar-refractivity contribution is -0.143. The maximum Gasteiger partial charge on any atom is 0.338 e. The van der Waals surface area contributed by atoms with Gasteiger partial charge in [-0.2, -0.15) is 0 Å². The van der Waals surface area contributed by atoms with Gasteiger partial charge in [0.15, 0.2) is 5.60 Å². The van der Waals surface area contributed by atoms with E-state index in [1.807, 2.05) is 12.1 Å². The second-order valence-electron chi connectivity index (χ2n) is 4.43. The first-order valence-electron chi connectivity index (χ1n) is 5.74. The van der Waals surface area contributed by atoms with E-state index in [0.717, 1.165) is 23.7 Å². The zero-order valence-electron chi connectivity index (χ0n) is 9.49. The third kappa shape index (κ3) is 3.30. The first kappa shape index (κ1) is 12.6. The summed E-state index contributed by atoms with van der Waals surface area (Å²) >= 11 is 3.43. The van der Waals surface area contributed by atoms with E-state index in [-0.39, 0.29) is 0 Å². The fourth-order valence-corrected chi connectivity index (χ4v) is 2.34.